The molecule has 0 amide bonds. The molecule has 0 N–H and O–H groups in total. The van der Waals surface area contributed by atoms with E-state index in [1.807, 2.05) is 36.5 Å². The minimum Gasteiger partial charge on any atom is -0.256 e. The van der Waals surface area contributed by atoms with Gasteiger partial charge in [-0.15, -0.1) is 0 Å². The van der Waals surface area contributed by atoms with Gasteiger partial charge in [-0.3, -0.25) is 4.98 Å². The van der Waals surface area contributed by atoms with Crippen LogP contribution in [0.5, 0.6) is 0 Å². The molecule has 4 heteroatoms. The summed E-state index contributed by atoms with van der Waals surface area (Å²) in [4.78, 5) is 20.1. The first-order valence-electron chi connectivity index (χ1n) is 17.5. The summed E-state index contributed by atoms with van der Waals surface area (Å²) >= 11 is 0. The van der Waals surface area contributed by atoms with E-state index in [-0.39, 0.29) is 0 Å². The fourth-order valence-corrected chi connectivity index (χ4v) is 7.41. The van der Waals surface area contributed by atoms with E-state index in [1.54, 1.807) is 0 Å². The highest BCUT2D eigenvalue weighted by molar-refractivity contribution is 6.21. The Morgan fingerprint density at radius 1 is 0.288 bits per heavy atom. The summed E-state index contributed by atoms with van der Waals surface area (Å²) in [5.41, 5.74) is 8.37. The molecule has 8 aromatic carbocycles. The fourth-order valence-electron chi connectivity index (χ4n) is 7.41. The second kappa shape index (κ2) is 12.4. The average molecular weight is 663 g/mol. The molecule has 0 spiro atoms. The van der Waals surface area contributed by atoms with Crippen LogP contribution < -0.4 is 0 Å². The molecule has 10 rings (SSSR count). The topological polar surface area (TPSA) is 51.6 Å². The molecule has 0 atom stereocenters. The lowest BCUT2D eigenvalue weighted by molar-refractivity contribution is 1.07. The second-order valence-corrected chi connectivity index (χ2v) is 13.1. The minimum atomic E-state index is 0.628. The van der Waals surface area contributed by atoms with Crippen LogP contribution in [0.1, 0.15) is 0 Å². The molecule has 0 unspecified atom stereocenters. The van der Waals surface area contributed by atoms with Crippen LogP contribution in [0.2, 0.25) is 0 Å². The third-order valence-corrected chi connectivity index (χ3v) is 9.95. The number of hydrogen-bond acceptors (Lipinski definition) is 4. The molecule has 4 nitrogen and oxygen atoms in total. The molecular weight excluding hydrogens is 633 g/mol. The number of nitrogens with zero attached hydrogens (tertiary/aromatic N) is 4. The molecule has 0 aliphatic rings. The summed E-state index contributed by atoms with van der Waals surface area (Å²) < 4.78 is 0. The van der Waals surface area contributed by atoms with Crippen LogP contribution in [0.15, 0.2) is 182 Å². The molecule has 0 aliphatic carbocycles. The van der Waals surface area contributed by atoms with Crippen molar-refractivity contribution >= 4 is 43.2 Å². The van der Waals surface area contributed by atoms with E-state index < -0.39 is 0 Å². The van der Waals surface area contributed by atoms with Crippen molar-refractivity contribution in [1.82, 2.24) is 19.9 Å². The fraction of sp³-hybridized carbons (Fsp3) is 0. The van der Waals surface area contributed by atoms with Gasteiger partial charge in [0.05, 0.1) is 5.52 Å². The Labute approximate surface area is 300 Å². The van der Waals surface area contributed by atoms with Gasteiger partial charge in [0, 0.05) is 28.3 Å². The quantitative estimate of drug-likeness (QED) is 0.172. The van der Waals surface area contributed by atoms with Gasteiger partial charge in [-0.2, -0.15) is 0 Å². The van der Waals surface area contributed by atoms with Gasteiger partial charge in [0.2, 0.25) is 0 Å². The third-order valence-electron chi connectivity index (χ3n) is 9.95. The van der Waals surface area contributed by atoms with E-state index in [9.17, 15) is 0 Å². The van der Waals surface area contributed by atoms with Crippen molar-refractivity contribution in [2.45, 2.75) is 0 Å². The summed E-state index contributed by atoms with van der Waals surface area (Å²) in [6.45, 7) is 0. The van der Waals surface area contributed by atoms with Gasteiger partial charge in [-0.25, -0.2) is 15.0 Å². The Hall–Kier alpha value is -7.04. The number of pyridine rings is 1. The Bertz CT molecular complexity index is 2960. The van der Waals surface area contributed by atoms with E-state index in [4.69, 9.17) is 15.0 Å². The molecule has 0 radical (unpaired) electrons. The summed E-state index contributed by atoms with van der Waals surface area (Å²) in [5.74, 6) is 1.89. The molecule has 0 saturated heterocycles. The molecular formula is C48H30N4. The van der Waals surface area contributed by atoms with E-state index in [2.05, 4.69) is 151 Å². The zero-order valence-corrected chi connectivity index (χ0v) is 28.1. The maximum Gasteiger partial charge on any atom is 0.164 e. The number of aromatic nitrogens is 4. The zero-order valence-electron chi connectivity index (χ0n) is 28.1. The van der Waals surface area contributed by atoms with Crippen LogP contribution in [0.3, 0.4) is 0 Å². The van der Waals surface area contributed by atoms with Crippen LogP contribution in [0.4, 0.5) is 0 Å². The molecule has 0 aliphatic heterocycles. The summed E-state index contributed by atoms with van der Waals surface area (Å²) in [5, 5.41) is 8.17. The monoisotopic (exact) mass is 662 g/mol. The lowest BCUT2D eigenvalue weighted by Gasteiger charge is -2.16. The molecule has 2 aromatic heterocycles. The van der Waals surface area contributed by atoms with Gasteiger partial charge in [0.15, 0.2) is 17.5 Å². The predicted molar refractivity (Wildman–Crippen MR) is 215 cm³/mol. The smallest absolute Gasteiger partial charge is 0.164 e. The molecule has 52 heavy (non-hydrogen) atoms. The lowest BCUT2D eigenvalue weighted by atomic mass is 9.89. The highest BCUT2D eigenvalue weighted by Gasteiger charge is 2.18. The normalized spacial score (nSPS) is 11.5. The average Bonchev–Trinajstić information content (AvgIpc) is 3.23. The van der Waals surface area contributed by atoms with Crippen molar-refractivity contribution in [2.24, 2.45) is 0 Å². The van der Waals surface area contributed by atoms with Crippen molar-refractivity contribution in [3.8, 4) is 56.4 Å². The van der Waals surface area contributed by atoms with Crippen molar-refractivity contribution in [1.29, 1.82) is 0 Å². The van der Waals surface area contributed by atoms with Crippen LogP contribution in [-0.4, -0.2) is 19.9 Å². The highest BCUT2D eigenvalue weighted by Crippen LogP contribution is 2.41. The highest BCUT2D eigenvalue weighted by atomic mass is 15.0. The molecule has 242 valence electrons. The van der Waals surface area contributed by atoms with Crippen molar-refractivity contribution in [3.05, 3.63) is 182 Å². The van der Waals surface area contributed by atoms with Gasteiger partial charge < -0.3 is 0 Å². The van der Waals surface area contributed by atoms with Gasteiger partial charge in [0.25, 0.3) is 0 Å². The van der Waals surface area contributed by atoms with Crippen LogP contribution in [-0.2, 0) is 0 Å². The first-order valence-corrected chi connectivity index (χ1v) is 17.5. The van der Waals surface area contributed by atoms with E-state index in [0.29, 0.717) is 17.5 Å². The summed E-state index contributed by atoms with van der Waals surface area (Å²) in [7, 11) is 0. The van der Waals surface area contributed by atoms with E-state index in [1.165, 1.54) is 38.1 Å². The van der Waals surface area contributed by atoms with Crippen molar-refractivity contribution in [2.75, 3.05) is 0 Å². The first kappa shape index (κ1) is 29.8. The van der Waals surface area contributed by atoms with Gasteiger partial charge >= 0.3 is 0 Å². The van der Waals surface area contributed by atoms with Gasteiger partial charge in [-0.1, -0.05) is 146 Å². The number of rotatable bonds is 5. The number of hydrogen-bond donors (Lipinski definition) is 0. The van der Waals surface area contributed by atoms with Crippen molar-refractivity contribution < 1.29 is 0 Å². The molecule has 0 saturated carbocycles. The van der Waals surface area contributed by atoms with Gasteiger partial charge in [-0.05, 0) is 84.9 Å². The molecule has 2 heterocycles. The largest absolute Gasteiger partial charge is 0.256 e. The molecule has 10 aromatic rings. The second-order valence-electron chi connectivity index (χ2n) is 13.1. The predicted octanol–water partition coefficient (Wildman–Crippen LogP) is 12.2. The standard InChI is InChI=1S/C48H30N4/c1-3-12-31(13-4-1)33-21-22-35-29-36(24-23-34(35)28-33)47-50-46(32-14-5-2-6-15-32)51-48(52-47)42-19-10-9-18-39(42)43-30-44-40(37-16-7-8-17-38(37)43)25-26-45-41(44)20-11-27-49-45/h1-30H. The van der Waals surface area contributed by atoms with Gasteiger partial charge in [0.1, 0.15) is 0 Å². The molecule has 0 bridgehead atoms. The Balaban J connectivity index is 1.18. The molecule has 0 fully saturated rings. The maximum atomic E-state index is 5.22. The third kappa shape index (κ3) is 5.17. The summed E-state index contributed by atoms with van der Waals surface area (Å²) in [6.07, 6.45) is 1.85. The Morgan fingerprint density at radius 2 is 0.865 bits per heavy atom. The number of benzene rings is 8. The van der Waals surface area contributed by atoms with Crippen LogP contribution in [0, 0.1) is 0 Å². The Morgan fingerprint density at radius 3 is 1.65 bits per heavy atom. The minimum absolute atomic E-state index is 0.628. The first-order chi connectivity index (χ1) is 25.8. The van der Waals surface area contributed by atoms with Crippen LogP contribution in [0.25, 0.3) is 99.6 Å². The maximum absolute atomic E-state index is 5.22. The number of fused-ring (bicyclic) bond motifs is 6. The van der Waals surface area contributed by atoms with E-state index in [0.717, 1.165) is 44.1 Å². The van der Waals surface area contributed by atoms with Crippen LogP contribution >= 0.6 is 0 Å². The summed E-state index contributed by atoms with van der Waals surface area (Å²) in [6, 6.07) is 61.6. The SMILES string of the molecule is c1ccc(-c2ccc3cc(-c4nc(-c5ccccc5)nc(-c5ccccc5-c5cc6c7cccnc7ccc6c6ccccc56)n4)ccc3c2)cc1. The lowest BCUT2D eigenvalue weighted by Crippen LogP contribution is -2.01. The van der Waals surface area contributed by atoms with E-state index >= 15 is 0 Å². The zero-order chi connectivity index (χ0) is 34.4. The van der Waals surface area contributed by atoms with Crippen molar-refractivity contribution in [3.63, 3.8) is 0 Å². The Kier molecular flexibility index (Phi) is 7.10.